The van der Waals surface area contributed by atoms with Crippen molar-refractivity contribution >= 4 is 86.7 Å². The predicted octanol–water partition coefficient (Wildman–Crippen LogP) is 7.87. The number of nitrogens with zero attached hydrogens (tertiary/aromatic N) is 3. The van der Waals surface area contributed by atoms with E-state index in [2.05, 4.69) is 66.3 Å². The Hall–Kier alpha value is -2.50. The van der Waals surface area contributed by atoms with Crippen LogP contribution in [-0.4, -0.2) is 75.6 Å². The summed E-state index contributed by atoms with van der Waals surface area (Å²) in [6.07, 6.45) is 5.47. The molecule has 0 spiro atoms. The Bertz CT molecular complexity index is 2060. The number of rotatable bonds is 15. The average Bonchev–Trinajstić information content (AvgIpc) is 3.76. The van der Waals surface area contributed by atoms with Gasteiger partial charge < -0.3 is 14.5 Å². The lowest BCUT2D eigenvalue weighted by Gasteiger charge is -2.21. The van der Waals surface area contributed by atoms with Gasteiger partial charge in [-0.1, -0.05) is 56.9 Å². The number of allylic oxidation sites excluding steroid dienone is 2. The van der Waals surface area contributed by atoms with Crippen molar-refractivity contribution in [2.75, 3.05) is 49.7 Å². The Labute approximate surface area is 308 Å². The van der Waals surface area contributed by atoms with Gasteiger partial charge in [-0.25, -0.2) is 0 Å². The number of thiophene rings is 1. The molecule has 10 nitrogen and oxygen atoms in total. The monoisotopic (exact) mass is 782 g/mol. The van der Waals surface area contributed by atoms with Crippen molar-refractivity contribution in [3.05, 3.63) is 63.0 Å². The van der Waals surface area contributed by atoms with Crippen LogP contribution >= 0.6 is 34.4 Å². The number of fused-ring (bicyclic) bond motifs is 4. The van der Waals surface area contributed by atoms with Crippen molar-refractivity contribution in [2.45, 2.75) is 65.3 Å². The highest BCUT2D eigenvalue weighted by molar-refractivity contribution is 8.03. The van der Waals surface area contributed by atoms with Gasteiger partial charge in [-0.3, -0.25) is 9.11 Å². The summed E-state index contributed by atoms with van der Waals surface area (Å²) in [4.78, 5) is 5.56. The van der Waals surface area contributed by atoms with Gasteiger partial charge in [0.25, 0.3) is 25.2 Å². The Balaban J connectivity index is 0.000000727. The highest BCUT2D eigenvalue weighted by Gasteiger charge is 2.28. The first-order valence-electron chi connectivity index (χ1n) is 16.7. The molecule has 1 aliphatic rings. The maximum absolute atomic E-state index is 11.5. The second-order valence-electron chi connectivity index (χ2n) is 11.9. The smallest absolute Gasteiger partial charge is 0.265 e. The van der Waals surface area contributed by atoms with Crippen LogP contribution in [0.4, 0.5) is 5.69 Å². The molecule has 0 saturated heterocycles. The second kappa shape index (κ2) is 17.8. The Morgan fingerprint density at radius 3 is 2.26 bits per heavy atom. The highest BCUT2D eigenvalue weighted by atomic mass is 32.2. The largest absolute Gasteiger partial charge is 0.496 e. The fourth-order valence-electron chi connectivity index (χ4n) is 5.77. The van der Waals surface area contributed by atoms with E-state index in [0.29, 0.717) is 13.1 Å². The van der Waals surface area contributed by atoms with Gasteiger partial charge in [0.05, 0.1) is 29.3 Å². The van der Waals surface area contributed by atoms with E-state index < -0.39 is 20.2 Å². The van der Waals surface area contributed by atoms with Crippen molar-refractivity contribution in [3.63, 3.8) is 0 Å². The molecule has 50 heavy (non-hydrogen) atoms. The van der Waals surface area contributed by atoms with Gasteiger partial charge in [0.15, 0.2) is 6.54 Å². The Morgan fingerprint density at radius 1 is 0.980 bits per heavy atom. The molecule has 2 N–H and O–H groups in total. The number of anilines is 1. The third kappa shape index (κ3) is 10.5. The van der Waals surface area contributed by atoms with Crippen LogP contribution in [0.3, 0.4) is 0 Å². The SMILES string of the molecule is CCC(/C=C1\Sc2ccc(C)cc2N1CCCS(=O)(=O)O)=C\c1sc2cc(OC)c3ccsc3c2[n+]1CCCS(=O)(=O)O.CCN(CC)CC. The molecular formula is C35H48N3O7S5+. The first kappa shape index (κ1) is 40.3. The van der Waals surface area contributed by atoms with Gasteiger partial charge >= 0.3 is 0 Å². The summed E-state index contributed by atoms with van der Waals surface area (Å²) in [5.41, 5.74) is 4.15. The Kier molecular flexibility index (Phi) is 14.4. The van der Waals surface area contributed by atoms with E-state index in [4.69, 9.17) is 4.74 Å². The summed E-state index contributed by atoms with van der Waals surface area (Å²) in [7, 11) is -6.51. The van der Waals surface area contributed by atoms with Crippen molar-refractivity contribution in [2.24, 2.45) is 0 Å². The van der Waals surface area contributed by atoms with Gasteiger partial charge in [-0.05, 0) is 80.2 Å². The molecule has 0 unspecified atom stereocenters. The quantitative estimate of drug-likeness (QED) is 0.0909. The number of hydrogen-bond acceptors (Lipinski definition) is 10. The fourth-order valence-corrected chi connectivity index (χ4v) is 10.1. The number of ether oxygens (including phenoxy) is 1. The van der Waals surface area contributed by atoms with Gasteiger partial charge in [-0.15, -0.1) is 11.3 Å². The maximum Gasteiger partial charge on any atom is 0.265 e. The minimum atomic E-state index is -4.10. The molecule has 4 aromatic rings. The topological polar surface area (TPSA) is 128 Å². The Morgan fingerprint density at radius 2 is 1.66 bits per heavy atom. The summed E-state index contributed by atoms with van der Waals surface area (Å²) in [6.45, 7) is 15.0. The van der Waals surface area contributed by atoms with Gasteiger partial charge in [0.2, 0.25) is 5.52 Å². The minimum absolute atomic E-state index is 0.254. The van der Waals surface area contributed by atoms with Gasteiger partial charge in [0.1, 0.15) is 15.1 Å². The van der Waals surface area contributed by atoms with Crippen LogP contribution in [0.15, 0.2) is 57.3 Å². The van der Waals surface area contributed by atoms with Crippen LogP contribution in [0, 0.1) is 6.92 Å². The van der Waals surface area contributed by atoms with Crippen LogP contribution in [0.1, 0.15) is 57.5 Å². The third-order valence-electron chi connectivity index (χ3n) is 8.43. The normalized spacial score (nSPS) is 14.5. The summed E-state index contributed by atoms with van der Waals surface area (Å²) < 4.78 is 74.4. The molecule has 0 aliphatic carbocycles. The summed E-state index contributed by atoms with van der Waals surface area (Å²) >= 11 is 4.82. The summed E-state index contributed by atoms with van der Waals surface area (Å²) in [5, 5.41) is 4.91. The van der Waals surface area contributed by atoms with Crippen LogP contribution in [0.5, 0.6) is 5.75 Å². The van der Waals surface area contributed by atoms with E-state index in [-0.39, 0.29) is 24.3 Å². The average molecular weight is 783 g/mol. The van der Waals surface area contributed by atoms with Gasteiger partial charge in [-0.2, -0.15) is 21.4 Å². The molecule has 2 aromatic heterocycles. The zero-order valence-electron chi connectivity index (χ0n) is 29.5. The first-order chi connectivity index (χ1) is 23.7. The lowest BCUT2D eigenvalue weighted by atomic mass is 10.1. The molecule has 2 aromatic carbocycles. The number of thioether (sulfide) groups is 1. The van der Waals surface area contributed by atoms with Gasteiger partial charge in [0, 0.05) is 35.4 Å². The number of aryl methyl sites for hydroxylation is 2. The molecule has 3 heterocycles. The van der Waals surface area contributed by atoms with Crippen LogP contribution in [-0.2, 0) is 26.8 Å². The minimum Gasteiger partial charge on any atom is -0.496 e. The molecule has 0 fully saturated rings. The van der Waals surface area contributed by atoms with E-state index >= 15 is 0 Å². The molecule has 0 radical (unpaired) electrons. The van der Waals surface area contributed by atoms with E-state index in [0.717, 1.165) is 64.2 Å². The number of hydrogen-bond donors (Lipinski definition) is 2. The third-order valence-corrected chi connectivity index (χ3v) is 13.2. The van der Waals surface area contributed by atoms with Crippen LogP contribution in [0.25, 0.3) is 26.4 Å². The highest BCUT2D eigenvalue weighted by Crippen LogP contribution is 2.47. The fraction of sp³-hybridized carbons (Fsp3) is 0.457. The molecule has 15 heteroatoms. The number of methoxy groups -OCH3 is 1. The molecule has 0 saturated carbocycles. The molecule has 274 valence electrons. The number of benzene rings is 2. The van der Waals surface area contributed by atoms with E-state index in [1.54, 1.807) is 41.5 Å². The molecule has 0 bridgehead atoms. The predicted molar refractivity (Wildman–Crippen MR) is 210 cm³/mol. The molecule has 0 atom stereocenters. The van der Waals surface area contributed by atoms with Crippen LogP contribution in [0.2, 0.25) is 0 Å². The maximum atomic E-state index is 11.5. The molecule has 0 amide bonds. The first-order valence-corrected chi connectivity index (χ1v) is 22.5. The lowest BCUT2D eigenvalue weighted by molar-refractivity contribution is -0.667. The molecular weight excluding hydrogens is 735 g/mol. The van der Waals surface area contributed by atoms with E-state index in [1.807, 2.05) is 30.5 Å². The van der Waals surface area contributed by atoms with Crippen molar-refractivity contribution in [3.8, 4) is 5.75 Å². The standard InChI is InChI=1S/C29H32N2O7S5.C6H15N/c1-4-20(16-26-30(10-5-13-42(32,33)34)22-15-19(2)7-8-24(22)40-26)17-27-31(11-6-14-43(35,36)37)28-25(41-27)18-23(38-3)21-9-12-39-29(21)28;1-4-7(5-2)6-3/h7-9,12,15-18H,4-6,10-11,13-14H2,1-3H3,(H-,32,33,34,35,36,37);4-6H2,1-3H3/p+1. The number of thiazole rings is 1. The zero-order chi connectivity index (χ0) is 36.6. The molecule has 1 aliphatic heterocycles. The van der Waals surface area contributed by atoms with E-state index in [1.165, 1.54) is 19.6 Å². The van der Waals surface area contributed by atoms with Crippen molar-refractivity contribution < 1.29 is 35.2 Å². The second-order valence-corrected chi connectivity index (χ2v) is 18.0. The zero-order valence-corrected chi connectivity index (χ0v) is 33.6. The molecule has 5 rings (SSSR count). The summed E-state index contributed by atoms with van der Waals surface area (Å²) in [6, 6.07) is 10.2. The van der Waals surface area contributed by atoms with Crippen molar-refractivity contribution in [1.82, 2.24) is 4.90 Å². The van der Waals surface area contributed by atoms with E-state index in [9.17, 15) is 25.9 Å². The van der Waals surface area contributed by atoms with Crippen molar-refractivity contribution in [1.29, 1.82) is 0 Å². The van der Waals surface area contributed by atoms with Crippen LogP contribution < -0.4 is 14.2 Å². The number of aromatic nitrogens is 1. The lowest BCUT2D eigenvalue weighted by Crippen LogP contribution is -2.36. The summed E-state index contributed by atoms with van der Waals surface area (Å²) in [5.74, 6) is 0.131.